The standard InChI is InChI=1S/C22H26N4O3/c1-4-6-20-19-7-5-10-25(19)11-12-26(20)22(27)18-14-17(23-24-18)16-13-15(28-2)8-9-21(16)29-3/h5,7-10,13-14,20H,4,6,11-12H2,1-3H3,(H,23,24). The van der Waals surface area contributed by atoms with Gasteiger partial charge in [0.15, 0.2) is 0 Å². The lowest BCUT2D eigenvalue weighted by atomic mass is 10.0. The fraction of sp³-hybridized carbons (Fsp3) is 0.364. The zero-order chi connectivity index (χ0) is 20.4. The van der Waals surface area contributed by atoms with Gasteiger partial charge in [-0.25, -0.2) is 0 Å². The molecule has 29 heavy (non-hydrogen) atoms. The van der Waals surface area contributed by atoms with Crippen molar-refractivity contribution in [3.8, 4) is 22.8 Å². The van der Waals surface area contributed by atoms with Crippen molar-refractivity contribution in [2.24, 2.45) is 0 Å². The van der Waals surface area contributed by atoms with Gasteiger partial charge in [-0.05, 0) is 42.8 Å². The van der Waals surface area contributed by atoms with Crippen molar-refractivity contribution >= 4 is 5.91 Å². The molecule has 1 atom stereocenters. The summed E-state index contributed by atoms with van der Waals surface area (Å²) in [5, 5.41) is 7.30. The van der Waals surface area contributed by atoms with Crippen LogP contribution in [0.1, 0.15) is 42.0 Å². The number of nitrogens with zero attached hydrogens (tertiary/aromatic N) is 3. The molecule has 1 aliphatic rings. The first kappa shape index (κ1) is 19.1. The molecule has 1 amide bonds. The van der Waals surface area contributed by atoms with Gasteiger partial charge < -0.3 is 18.9 Å². The average Bonchev–Trinajstić information content (AvgIpc) is 3.43. The van der Waals surface area contributed by atoms with E-state index in [0.29, 0.717) is 29.4 Å². The lowest BCUT2D eigenvalue weighted by molar-refractivity contribution is 0.0604. The highest BCUT2D eigenvalue weighted by Gasteiger charge is 2.31. The first-order chi connectivity index (χ1) is 14.2. The number of amides is 1. The minimum Gasteiger partial charge on any atom is -0.497 e. The molecule has 152 valence electrons. The average molecular weight is 394 g/mol. The Morgan fingerprint density at radius 3 is 2.83 bits per heavy atom. The van der Waals surface area contributed by atoms with Crippen LogP contribution >= 0.6 is 0 Å². The van der Waals surface area contributed by atoms with Crippen LogP contribution in [0.3, 0.4) is 0 Å². The third kappa shape index (κ3) is 3.48. The van der Waals surface area contributed by atoms with Gasteiger partial charge in [0.05, 0.1) is 26.0 Å². The van der Waals surface area contributed by atoms with Gasteiger partial charge in [-0.2, -0.15) is 5.10 Å². The minimum atomic E-state index is -0.0310. The highest BCUT2D eigenvalue weighted by atomic mass is 16.5. The molecule has 3 aromatic rings. The van der Waals surface area contributed by atoms with Crippen molar-refractivity contribution in [3.63, 3.8) is 0 Å². The zero-order valence-electron chi connectivity index (χ0n) is 17.0. The number of fused-ring (bicyclic) bond motifs is 1. The van der Waals surface area contributed by atoms with Crippen molar-refractivity contribution in [3.05, 3.63) is 54.0 Å². The van der Waals surface area contributed by atoms with Crippen LogP contribution in [-0.4, -0.2) is 46.3 Å². The molecule has 7 heteroatoms. The van der Waals surface area contributed by atoms with Gasteiger partial charge in [0.1, 0.15) is 17.2 Å². The second-order valence-electron chi connectivity index (χ2n) is 7.16. The Labute approximate surface area is 170 Å². The van der Waals surface area contributed by atoms with Crippen LogP contribution < -0.4 is 9.47 Å². The summed E-state index contributed by atoms with van der Waals surface area (Å²) in [6, 6.07) is 11.6. The molecule has 2 aromatic heterocycles. The number of rotatable bonds is 6. The van der Waals surface area contributed by atoms with Gasteiger partial charge in [-0.1, -0.05) is 13.3 Å². The Balaban J connectivity index is 1.64. The Bertz CT molecular complexity index is 1010. The van der Waals surface area contributed by atoms with Crippen LogP contribution in [0.25, 0.3) is 11.3 Å². The minimum absolute atomic E-state index is 0.0310. The Morgan fingerprint density at radius 2 is 2.07 bits per heavy atom. The lowest BCUT2D eigenvalue weighted by Crippen LogP contribution is -2.42. The van der Waals surface area contributed by atoms with E-state index in [2.05, 4.69) is 40.0 Å². The number of ether oxygens (including phenoxy) is 2. The maximum Gasteiger partial charge on any atom is 0.272 e. The summed E-state index contributed by atoms with van der Waals surface area (Å²) >= 11 is 0. The summed E-state index contributed by atoms with van der Waals surface area (Å²) < 4.78 is 13.0. The van der Waals surface area contributed by atoms with Crippen molar-refractivity contribution in [1.29, 1.82) is 0 Å². The second kappa shape index (κ2) is 8.03. The third-order valence-corrected chi connectivity index (χ3v) is 5.48. The molecule has 0 fully saturated rings. The van der Waals surface area contributed by atoms with Gasteiger partial charge in [-0.15, -0.1) is 0 Å². The maximum absolute atomic E-state index is 13.3. The molecular weight excluding hydrogens is 368 g/mol. The monoisotopic (exact) mass is 394 g/mol. The number of aromatic amines is 1. The molecule has 1 aromatic carbocycles. The van der Waals surface area contributed by atoms with Crippen LogP contribution in [0.5, 0.6) is 11.5 Å². The molecule has 4 rings (SSSR count). The third-order valence-electron chi connectivity index (χ3n) is 5.48. The lowest BCUT2D eigenvalue weighted by Gasteiger charge is -2.36. The number of carbonyl (C=O) groups is 1. The van der Waals surface area contributed by atoms with Gasteiger partial charge in [0.25, 0.3) is 5.91 Å². The maximum atomic E-state index is 13.3. The highest BCUT2D eigenvalue weighted by molar-refractivity contribution is 5.94. The smallest absolute Gasteiger partial charge is 0.272 e. The molecule has 3 heterocycles. The molecule has 0 saturated heterocycles. The fourth-order valence-corrected chi connectivity index (χ4v) is 4.02. The highest BCUT2D eigenvalue weighted by Crippen LogP contribution is 2.34. The number of hydrogen-bond acceptors (Lipinski definition) is 4. The number of methoxy groups -OCH3 is 2. The van der Waals surface area contributed by atoms with Crippen molar-refractivity contribution in [1.82, 2.24) is 19.7 Å². The number of hydrogen-bond donors (Lipinski definition) is 1. The summed E-state index contributed by atoms with van der Waals surface area (Å²) in [6.45, 7) is 3.63. The van der Waals surface area contributed by atoms with E-state index in [0.717, 1.165) is 24.9 Å². The molecule has 0 spiro atoms. The SMILES string of the molecule is CCCC1c2cccn2CCN1C(=O)c1cc(-c2cc(OC)ccc2OC)n[nH]1. The van der Waals surface area contributed by atoms with Gasteiger partial charge in [0, 0.05) is 30.5 Å². The van der Waals surface area contributed by atoms with Crippen molar-refractivity contribution < 1.29 is 14.3 Å². The second-order valence-corrected chi connectivity index (χ2v) is 7.16. The molecule has 1 aliphatic heterocycles. The van der Waals surface area contributed by atoms with E-state index in [9.17, 15) is 4.79 Å². The van der Waals surface area contributed by atoms with Crippen LogP contribution in [0.4, 0.5) is 0 Å². The van der Waals surface area contributed by atoms with Crippen LogP contribution in [0, 0.1) is 0 Å². The number of H-pyrrole nitrogens is 1. The number of nitrogens with one attached hydrogen (secondary N) is 1. The quantitative estimate of drug-likeness (QED) is 0.688. The normalized spacial score (nSPS) is 15.8. The first-order valence-corrected chi connectivity index (χ1v) is 9.90. The van der Waals surface area contributed by atoms with E-state index in [1.54, 1.807) is 20.3 Å². The van der Waals surface area contributed by atoms with Crippen LogP contribution in [0.15, 0.2) is 42.6 Å². The summed E-state index contributed by atoms with van der Waals surface area (Å²) in [4.78, 5) is 15.3. The molecular formula is C22H26N4O3. The number of aromatic nitrogens is 3. The topological polar surface area (TPSA) is 72.4 Å². The van der Waals surface area contributed by atoms with Crippen molar-refractivity contribution in [2.75, 3.05) is 20.8 Å². The Morgan fingerprint density at radius 1 is 1.21 bits per heavy atom. The zero-order valence-corrected chi connectivity index (χ0v) is 17.0. The van der Waals surface area contributed by atoms with E-state index in [4.69, 9.17) is 9.47 Å². The van der Waals surface area contributed by atoms with Crippen molar-refractivity contribution in [2.45, 2.75) is 32.4 Å². The van der Waals surface area contributed by atoms with Gasteiger partial charge in [-0.3, -0.25) is 9.89 Å². The van der Waals surface area contributed by atoms with Crippen LogP contribution in [-0.2, 0) is 6.54 Å². The summed E-state index contributed by atoms with van der Waals surface area (Å²) in [7, 11) is 3.23. The predicted octanol–water partition coefficient (Wildman–Crippen LogP) is 3.89. The number of benzene rings is 1. The van der Waals surface area contributed by atoms with Gasteiger partial charge in [0.2, 0.25) is 0 Å². The molecule has 0 aliphatic carbocycles. The Kier molecular flexibility index (Phi) is 5.29. The van der Waals surface area contributed by atoms with E-state index >= 15 is 0 Å². The van der Waals surface area contributed by atoms with E-state index in [1.807, 2.05) is 23.1 Å². The number of carbonyl (C=O) groups excluding carboxylic acids is 1. The largest absolute Gasteiger partial charge is 0.497 e. The van der Waals surface area contributed by atoms with E-state index in [-0.39, 0.29) is 11.9 Å². The first-order valence-electron chi connectivity index (χ1n) is 9.90. The Hall–Kier alpha value is -3.22. The molecule has 0 saturated carbocycles. The molecule has 7 nitrogen and oxygen atoms in total. The molecule has 0 bridgehead atoms. The van der Waals surface area contributed by atoms with Gasteiger partial charge >= 0.3 is 0 Å². The summed E-state index contributed by atoms with van der Waals surface area (Å²) in [5.41, 5.74) is 3.10. The predicted molar refractivity (Wildman–Crippen MR) is 110 cm³/mol. The molecule has 0 radical (unpaired) electrons. The summed E-state index contributed by atoms with van der Waals surface area (Å²) in [6.07, 6.45) is 4.03. The summed E-state index contributed by atoms with van der Waals surface area (Å²) in [5.74, 6) is 1.35. The van der Waals surface area contributed by atoms with E-state index in [1.165, 1.54) is 5.69 Å². The molecule has 1 unspecified atom stereocenters. The van der Waals surface area contributed by atoms with E-state index < -0.39 is 0 Å². The van der Waals surface area contributed by atoms with Crippen LogP contribution in [0.2, 0.25) is 0 Å². The fourth-order valence-electron chi connectivity index (χ4n) is 4.02. The molecule has 1 N–H and O–H groups in total.